The van der Waals surface area contributed by atoms with Gasteiger partial charge in [0.2, 0.25) is 0 Å². The van der Waals surface area contributed by atoms with Gasteiger partial charge in [0.25, 0.3) is 0 Å². The van der Waals surface area contributed by atoms with Gasteiger partial charge in [-0.05, 0) is 0 Å². The van der Waals surface area contributed by atoms with E-state index in [2.05, 4.69) is 19.6 Å². The summed E-state index contributed by atoms with van der Waals surface area (Å²) in [6.45, 7) is 7.05. The Hall–Kier alpha value is 0.639. The standard InChI is InChI=1S/C3H9Si.3O2.Re/c1-4(2)3;3*1-2;/h1-3H3;;;;/q;3*-2;+6. The summed E-state index contributed by atoms with van der Waals surface area (Å²) < 4.78 is 0. The zero-order valence-corrected chi connectivity index (χ0v) is 10.0. The molecule has 0 aromatic heterocycles. The Morgan fingerprint density at radius 3 is 0.727 bits per heavy atom. The summed E-state index contributed by atoms with van der Waals surface area (Å²) in [6.07, 6.45) is -0.556. The van der Waals surface area contributed by atoms with E-state index in [4.69, 9.17) is 31.5 Å². The van der Waals surface area contributed by atoms with Crippen molar-refractivity contribution >= 4 is 6.15 Å². The van der Waals surface area contributed by atoms with E-state index in [1.807, 2.05) is 18.5 Å². The fourth-order valence-corrected chi connectivity index (χ4v) is 0. The molecule has 11 heavy (non-hydrogen) atoms. The first-order valence-electron chi connectivity index (χ1n) is 2.19. The van der Waals surface area contributed by atoms with E-state index in [9.17, 15) is 0 Å². The summed E-state index contributed by atoms with van der Waals surface area (Å²) in [5.74, 6) is 0. The van der Waals surface area contributed by atoms with Crippen molar-refractivity contribution in [3.05, 3.63) is 0 Å². The third kappa shape index (κ3) is 1940. The number of hydrogen-bond acceptors (Lipinski definition) is 6. The first-order chi connectivity index (χ1) is 5.00. The van der Waals surface area contributed by atoms with E-state index in [1.165, 1.54) is 0 Å². The van der Waals surface area contributed by atoms with Crippen LogP contribution in [0.2, 0.25) is 19.6 Å². The molecule has 0 aromatic rings. The molecule has 0 N–H and O–H groups in total. The third-order valence-electron chi connectivity index (χ3n) is 0. The minimum Gasteiger partial charge on any atom is -1.00 e. The molecule has 0 rings (SSSR count). The van der Waals surface area contributed by atoms with Crippen molar-refractivity contribution in [3.8, 4) is 0 Å². The van der Waals surface area contributed by atoms with Gasteiger partial charge >= 0.3 is 44.3 Å². The van der Waals surface area contributed by atoms with E-state index >= 15 is 0 Å². The van der Waals surface area contributed by atoms with Gasteiger partial charge in [-0.1, -0.05) is 0 Å². The second-order valence-electron chi connectivity index (χ2n) is 2.07. The van der Waals surface area contributed by atoms with E-state index < -0.39 is 6.15 Å². The van der Waals surface area contributed by atoms with Gasteiger partial charge in [-0.2, -0.15) is 0 Å². The molecule has 0 bridgehead atoms. The minimum absolute atomic E-state index is 0.556. The zero-order chi connectivity index (χ0) is 10.5. The molecule has 0 aliphatic carbocycles. The fraction of sp³-hybridized carbons (Fsp3) is 1.00. The maximum Gasteiger partial charge on any atom is -1.00 e. The van der Waals surface area contributed by atoms with E-state index in [0.29, 0.717) is 0 Å². The predicted molar refractivity (Wildman–Crippen MR) is 23.3 cm³/mol. The quantitative estimate of drug-likeness (QED) is 0.241. The van der Waals surface area contributed by atoms with E-state index in [0.717, 1.165) is 0 Å². The Balaban J connectivity index is -0.0000000350. The first kappa shape index (κ1) is 22.6. The Kier molecular flexibility index (Phi) is 46.0. The summed E-state index contributed by atoms with van der Waals surface area (Å²) in [7, 11) is 0. The van der Waals surface area contributed by atoms with Crippen LogP contribution in [0.1, 0.15) is 0 Å². The molecule has 0 fully saturated rings. The van der Waals surface area contributed by atoms with Crippen molar-refractivity contribution in [2.75, 3.05) is 0 Å². The molecular weight excluding hydrogens is 346 g/mol. The van der Waals surface area contributed by atoms with Crippen LogP contribution in [-0.2, 0) is 18.5 Å². The fourth-order valence-electron chi connectivity index (χ4n) is 0. The van der Waals surface area contributed by atoms with E-state index in [-0.39, 0.29) is 0 Å². The molecule has 0 radical (unpaired) electrons. The van der Waals surface area contributed by atoms with Gasteiger partial charge in [0.05, 0.1) is 0 Å². The maximum atomic E-state index is 7.00. The molecule has 0 atom stereocenters. The molecule has 68 valence electrons. The Labute approximate surface area is 76.2 Å². The van der Waals surface area contributed by atoms with E-state index in [1.54, 1.807) is 0 Å². The van der Waals surface area contributed by atoms with Crippen molar-refractivity contribution in [1.82, 2.24) is 0 Å². The van der Waals surface area contributed by atoms with Gasteiger partial charge in [-0.3, -0.25) is 0 Å². The summed E-state index contributed by atoms with van der Waals surface area (Å²) in [5.41, 5.74) is 0. The SMILES string of the molecule is C[Si](C)(C)[Re+6].[O-][O-].[O-][O-].[O-][O-]. The van der Waals surface area contributed by atoms with Crippen LogP contribution in [0.5, 0.6) is 0 Å². The topological polar surface area (TPSA) is 138 Å². The summed E-state index contributed by atoms with van der Waals surface area (Å²) in [4.78, 5) is 0. The van der Waals surface area contributed by atoms with Crippen molar-refractivity contribution in [3.63, 3.8) is 0 Å². The second-order valence-corrected chi connectivity index (χ2v) is 18.4. The summed E-state index contributed by atoms with van der Waals surface area (Å²) in [5, 5.41) is 42.0. The molecular formula is C3H9O6ReSi. The Bertz CT molecular complexity index is 33.3. The third-order valence-corrected chi connectivity index (χ3v) is 0. The van der Waals surface area contributed by atoms with Gasteiger partial charge in [0, 0.05) is 0 Å². The van der Waals surface area contributed by atoms with Gasteiger partial charge in [-0.25, -0.2) is 0 Å². The van der Waals surface area contributed by atoms with Crippen molar-refractivity contribution in [2.24, 2.45) is 0 Å². The maximum absolute atomic E-state index is 7.00. The molecule has 6 nitrogen and oxygen atoms in total. The molecule has 0 amide bonds. The molecule has 0 heterocycles. The molecule has 0 saturated heterocycles. The zero-order valence-electron chi connectivity index (χ0n) is 6.33. The van der Waals surface area contributed by atoms with Crippen LogP contribution >= 0.6 is 0 Å². The van der Waals surface area contributed by atoms with Gasteiger partial charge < -0.3 is 31.5 Å². The van der Waals surface area contributed by atoms with Crippen LogP contribution in [0.4, 0.5) is 0 Å². The van der Waals surface area contributed by atoms with Crippen molar-refractivity contribution < 1.29 is 50.0 Å². The molecule has 0 aliphatic rings. The van der Waals surface area contributed by atoms with Gasteiger partial charge in [-0.15, -0.1) is 0 Å². The number of rotatable bonds is 0. The summed E-state index contributed by atoms with van der Waals surface area (Å²) in [6, 6.07) is 0. The van der Waals surface area contributed by atoms with Crippen LogP contribution in [0.25, 0.3) is 0 Å². The molecule has 0 spiro atoms. The molecule has 0 aliphatic heterocycles. The first-order valence-corrected chi connectivity index (χ1v) is 9.64. The molecule has 0 aromatic carbocycles. The van der Waals surface area contributed by atoms with Crippen LogP contribution in [-0.4, -0.2) is 6.15 Å². The Morgan fingerprint density at radius 2 is 0.727 bits per heavy atom. The Morgan fingerprint density at radius 1 is 0.727 bits per heavy atom. The molecule has 0 unspecified atom stereocenters. The summed E-state index contributed by atoms with van der Waals surface area (Å²) >= 11 is 1.97. The largest absolute Gasteiger partial charge is 1.00 e. The van der Waals surface area contributed by atoms with Crippen LogP contribution in [0, 0.1) is 0 Å². The average Bonchev–Trinajstić information content (AvgIpc) is 1.96. The minimum atomic E-state index is -0.556. The van der Waals surface area contributed by atoms with Crippen molar-refractivity contribution in [2.45, 2.75) is 19.6 Å². The average molecular weight is 355 g/mol. The van der Waals surface area contributed by atoms with Crippen LogP contribution in [0.3, 0.4) is 0 Å². The smallest absolute Gasteiger partial charge is 1.00 e. The molecule has 8 heteroatoms. The normalized spacial score (nSPS) is 7.18. The van der Waals surface area contributed by atoms with Crippen molar-refractivity contribution in [1.29, 1.82) is 0 Å². The number of hydrogen-bond donors (Lipinski definition) is 0. The second kappa shape index (κ2) is 22.4. The monoisotopic (exact) mass is 356 g/mol. The van der Waals surface area contributed by atoms with Gasteiger partial charge in [0.1, 0.15) is 0 Å². The van der Waals surface area contributed by atoms with Crippen LogP contribution < -0.4 is 31.5 Å². The van der Waals surface area contributed by atoms with Gasteiger partial charge in [0.15, 0.2) is 0 Å². The molecule has 0 saturated carbocycles. The van der Waals surface area contributed by atoms with Crippen LogP contribution in [0.15, 0.2) is 0 Å². The predicted octanol–water partition coefficient (Wildman–Crippen LogP) is -5.77.